The van der Waals surface area contributed by atoms with Gasteiger partial charge in [0.25, 0.3) is 0 Å². The summed E-state index contributed by atoms with van der Waals surface area (Å²) in [7, 11) is 0. The lowest BCUT2D eigenvalue weighted by Crippen LogP contribution is -2.11. The normalized spacial score (nSPS) is 11.7. The fraction of sp³-hybridized carbons (Fsp3) is 0.333. The largest absolute Gasteiger partial charge is 0.393 e. The SMILES string of the molecule is NOCc1ccc(CC(F)(F)F)cc1. The summed E-state index contributed by atoms with van der Waals surface area (Å²) in [6.45, 7) is 0.201. The third-order valence-corrected chi connectivity index (χ3v) is 1.68. The number of alkyl halides is 3. The van der Waals surface area contributed by atoms with Gasteiger partial charge in [-0.25, -0.2) is 5.90 Å². The Labute approximate surface area is 79.4 Å². The summed E-state index contributed by atoms with van der Waals surface area (Å²) in [5.41, 5.74) is 0.983. The van der Waals surface area contributed by atoms with Crippen LogP contribution in [0, 0.1) is 0 Å². The van der Waals surface area contributed by atoms with Crippen molar-refractivity contribution in [3.8, 4) is 0 Å². The van der Waals surface area contributed by atoms with Crippen LogP contribution in [0.25, 0.3) is 0 Å². The minimum atomic E-state index is -4.16. The Bertz CT molecular complexity index is 281. The van der Waals surface area contributed by atoms with Gasteiger partial charge in [0.2, 0.25) is 0 Å². The van der Waals surface area contributed by atoms with Crippen molar-refractivity contribution in [2.45, 2.75) is 19.2 Å². The second-order valence-electron chi connectivity index (χ2n) is 2.92. The van der Waals surface area contributed by atoms with Gasteiger partial charge >= 0.3 is 6.18 Å². The van der Waals surface area contributed by atoms with Crippen molar-refractivity contribution in [2.24, 2.45) is 5.90 Å². The first-order valence-electron chi connectivity index (χ1n) is 3.97. The monoisotopic (exact) mass is 205 g/mol. The van der Waals surface area contributed by atoms with Crippen molar-refractivity contribution >= 4 is 0 Å². The molecule has 0 radical (unpaired) electrons. The van der Waals surface area contributed by atoms with Gasteiger partial charge in [0.05, 0.1) is 13.0 Å². The zero-order valence-corrected chi connectivity index (χ0v) is 7.34. The zero-order valence-electron chi connectivity index (χ0n) is 7.34. The van der Waals surface area contributed by atoms with Gasteiger partial charge in [0, 0.05) is 0 Å². The van der Waals surface area contributed by atoms with Gasteiger partial charge in [-0.3, -0.25) is 4.84 Å². The van der Waals surface area contributed by atoms with E-state index in [1.54, 1.807) is 12.1 Å². The Balaban J connectivity index is 2.64. The Morgan fingerprint density at radius 1 is 1.07 bits per heavy atom. The van der Waals surface area contributed by atoms with Crippen LogP contribution >= 0.6 is 0 Å². The van der Waals surface area contributed by atoms with E-state index in [-0.39, 0.29) is 12.2 Å². The Kier molecular flexibility index (Phi) is 3.49. The average Bonchev–Trinajstić information content (AvgIpc) is 2.06. The first kappa shape index (κ1) is 11.0. The Morgan fingerprint density at radius 3 is 2.00 bits per heavy atom. The standard InChI is InChI=1S/C9H10F3NO/c10-9(11,12)5-7-1-3-8(4-2-7)6-14-13/h1-4H,5-6,13H2. The molecule has 1 aromatic rings. The molecule has 0 aromatic heterocycles. The average molecular weight is 205 g/mol. The summed E-state index contributed by atoms with van der Waals surface area (Å²) in [4.78, 5) is 4.35. The highest BCUT2D eigenvalue weighted by Gasteiger charge is 2.27. The maximum atomic E-state index is 11.9. The van der Waals surface area contributed by atoms with Crippen LogP contribution in [0.2, 0.25) is 0 Å². The van der Waals surface area contributed by atoms with E-state index in [1.807, 2.05) is 0 Å². The molecule has 0 amide bonds. The Hall–Kier alpha value is -1.07. The van der Waals surface area contributed by atoms with Crippen molar-refractivity contribution in [1.82, 2.24) is 0 Å². The highest BCUT2D eigenvalue weighted by Crippen LogP contribution is 2.21. The predicted molar refractivity (Wildman–Crippen MR) is 45.2 cm³/mol. The van der Waals surface area contributed by atoms with E-state index in [0.29, 0.717) is 0 Å². The number of nitrogens with two attached hydrogens (primary N) is 1. The van der Waals surface area contributed by atoms with Crippen LogP contribution in [0.5, 0.6) is 0 Å². The maximum Gasteiger partial charge on any atom is 0.393 e. The number of hydrogen-bond acceptors (Lipinski definition) is 2. The topological polar surface area (TPSA) is 35.2 Å². The third kappa shape index (κ3) is 3.76. The van der Waals surface area contributed by atoms with Crippen LogP contribution in [-0.4, -0.2) is 6.18 Å². The smallest absolute Gasteiger partial charge is 0.300 e. The molecule has 14 heavy (non-hydrogen) atoms. The molecule has 0 spiro atoms. The molecule has 0 aliphatic heterocycles. The molecule has 0 atom stereocenters. The van der Waals surface area contributed by atoms with Crippen LogP contribution in [-0.2, 0) is 17.9 Å². The molecular formula is C9H10F3NO. The molecule has 0 bridgehead atoms. The molecular weight excluding hydrogens is 195 g/mol. The predicted octanol–water partition coefficient (Wildman–Crippen LogP) is 2.18. The van der Waals surface area contributed by atoms with Crippen molar-refractivity contribution in [3.05, 3.63) is 35.4 Å². The molecule has 2 nitrogen and oxygen atoms in total. The van der Waals surface area contributed by atoms with Crippen LogP contribution in [0.15, 0.2) is 24.3 Å². The molecule has 0 aliphatic rings. The fourth-order valence-corrected chi connectivity index (χ4v) is 1.08. The van der Waals surface area contributed by atoms with E-state index in [0.717, 1.165) is 5.56 Å². The van der Waals surface area contributed by atoms with Crippen molar-refractivity contribution < 1.29 is 18.0 Å². The van der Waals surface area contributed by atoms with E-state index >= 15 is 0 Å². The Morgan fingerprint density at radius 2 is 1.57 bits per heavy atom. The van der Waals surface area contributed by atoms with Crippen LogP contribution < -0.4 is 5.90 Å². The number of benzene rings is 1. The number of hydrogen-bond donors (Lipinski definition) is 1. The van der Waals surface area contributed by atoms with E-state index in [4.69, 9.17) is 5.90 Å². The van der Waals surface area contributed by atoms with Gasteiger partial charge in [-0.1, -0.05) is 24.3 Å². The summed E-state index contributed by atoms with van der Waals surface area (Å²) >= 11 is 0. The second-order valence-corrected chi connectivity index (χ2v) is 2.92. The molecule has 0 unspecified atom stereocenters. The van der Waals surface area contributed by atoms with E-state index in [9.17, 15) is 13.2 Å². The van der Waals surface area contributed by atoms with Gasteiger partial charge in [0.15, 0.2) is 0 Å². The van der Waals surface area contributed by atoms with E-state index in [1.165, 1.54) is 12.1 Å². The van der Waals surface area contributed by atoms with E-state index < -0.39 is 12.6 Å². The van der Waals surface area contributed by atoms with Crippen LogP contribution in [0.3, 0.4) is 0 Å². The minimum absolute atomic E-state index is 0.201. The summed E-state index contributed by atoms with van der Waals surface area (Å²) in [6, 6.07) is 5.96. The first-order valence-corrected chi connectivity index (χ1v) is 3.97. The highest BCUT2D eigenvalue weighted by atomic mass is 19.4. The molecule has 2 N–H and O–H groups in total. The minimum Gasteiger partial charge on any atom is -0.300 e. The van der Waals surface area contributed by atoms with Gasteiger partial charge in [-0.2, -0.15) is 13.2 Å². The first-order chi connectivity index (χ1) is 6.51. The van der Waals surface area contributed by atoms with Crippen molar-refractivity contribution in [1.29, 1.82) is 0 Å². The zero-order chi connectivity index (χ0) is 10.6. The molecule has 0 fully saturated rings. The van der Waals surface area contributed by atoms with Crippen molar-refractivity contribution in [3.63, 3.8) is 0 Å². The highest BCUT2D eigenvalue weighted by molar-refractivity contribution is 5.22. The molecule has 1 rings (SSSR count). The van der Waals surface area contributed by atoms with Gasteiger partial charge in [-0.15, -0.1) is 0 Å². The molecule has 0 saturated heterocycles. The van der Waals surface area contributed by atoms with Gasteiger partial charge in [-0.05, 0) is 11.1 Å². The molecule has 0 heterocycles. The third-order valence-electron chi connectivity index (χ3n) is 1.68. The number of rotatable bonds is 3. The second kappa shape index (κ2) is 4.43. The van der Waals surface area contributed by atoms with E-state index in [2.05, 4.69) is 4.84 Å². The molecule has 5 heteroatoms. The molecule has 0 saturated carbocycles. The van der Waals surface area contributed by atoms with Crippen molar-refractivity contribution in [2.75, 3.05) is 0 Å². The molecule has 78 valence electrons. The van der Waals surface area contributed by atoms with Gasteiger partial charge < -0.3 is 0 Å². The van der Waals surface area contributed by atoms with Crippen LogP contribution in [0.1, 0.15) is 11.1 Å². The maximum absolute atomic E-state index is 11.9. The lowest BCUT2D eigenvalue weighted by atomic mass is 10.1. The summed E-state index contributed by atoms with van der Waals surface area (Å²) in [5.74, 6) is 4.82. The summed E-state index contributed by atoms with van der Waals surface area (Å²) in [5, 5.41) is 0. The fourth-order valence-electron chi connectivity index (χ4n) is 1.08. The quantitative estimate of drug-likeness (QED) is 0.767. The summed E-state index contributed by atoms with van der Waals surface area (Å²) in [6.07, 6.45) is -5.07. The lowest BCUT2D eigenvalue weighted by molar-refractivity contribution is -0.127. The number of halogens is 3. The summed E-state index contributed by atoms with van der Waals surface area (Å²) < 4.78 is 35.8. The van der Waals surface area contributed by atoms with Gasteiger partial charge in [0.1, 0.15) is 0 Å². The van der Waals surface area contributed by atoms with Crippen LogP contribution in [0.4, 0.5) is 13.2 Å². The molecule has 1 aromatic carbocycles. The molecule has 0 aliphatic carbocycles. The lowest BCUT2D eigenvalue weighted by Gasteiger charge is -2.06.